The van der Waals surface area contributed by atoms with Crippen molar-refractivity contribution in [1.82, 2.24) is 14.5 Å². The Kier molecular flexibility index (Phi) is 5.26. The van der Waals surface area contributed by atoms with Gasteiger partial charge in [-0.1, -0.05) is 11.8 Å². The Hall–Kier alpha value is -1.33. The maximum absolute atomic E-state index is 12.0. The highest BCUT2D eigenvalue weighted by molar-refractivity contribution is 8.06. The molecule has 1 aliphatic heterocycles. The van der Waals surface area contributed by atoms with Crippen LogP contribution >= 0.6 is 6.72 Å². The SMILES string of the molecule is COC[C@H]1O[C@@H](n2ccc3c(=O)[nH]c(N)nc32)CC1OP([O-])(=S)OC. The first-order valence-corrected chi connectivity index (χ1v) is 9.96. The lowest BCUT2D eigenvalue weighted by Gasteiger charge is -2.30. The molecule has 1 saturated heterocycles. The number of methoxy groups -OCH3 is 1. The van der Waals surface area contributed by atoms with Crippen LogP contribution < -0.4 is 16.2 Å². The molecular formula is C13H18N4O6PS-. The summed E-state index contributed by atoms with van der Waals surface area (Å²) >= 11 is 4.80. The molecule has 138 valence electrons. The number of nitrogens with one attached hydrogen (secondary N) is 1. The fourth-order valence-electron chi connectivity index (χ4n) is 2.80. The molecule has 2 aromatic heterocycles. The van der Waals surface area contributed by atoms with Gasteiger partial charge in [-0.05, 0) is 6.07 Å². The van der Waals surface area contributed by atoms with E-state index < -0.39 is 25.2 Å². The number of hydrogen-bond donors (Lipinski definition) is 2. The third-order valence-electron chi connectivity index (χ3n) is 3.91. The van der Waals surface area contributed by atoms with Crippen LogP contribution in [0.5, 0.6) is 0 Å². The van der Waals surface area contributed by atoms with Gasteiger partial charge >= 0.3 is 0 Å². The summed E-state index contributed by atoms with van der Waals surface area (Å²) in [5, 5.41) is 0.385. The number of nitrogen functional groups attached to an aromatic ring is 1. The number of hydrogen-bond acceptors (Lipinski definition) is 9. The van der Waals surface area contributed by atoms with E-state index in [1.807, 2.05) is 0 Å². The second-order valence-corrected chi connectivity index (χ2v) is 8.32. The average Bonchev–Trinajstić information content (AvgIpc) is 3.12. The van der Waals surface area contributed by atoms with Crippen molar-refractivity contribution in [3.8, 4) is 0 Å². The minimum Gasteiger partial charge on any atom is -0.780 e. The molecule has 0 aliphatic carbocycles. The van der Waals surface area contributed by atoms with E-state index in [9.17, 15) is 9.69 Å². The number of fused-ring (bicyclic) bond motifs is 1. The molecular weight excluding hydrogens is 371 g/mol. The lowest BCUT2D eigenvalue weighted by Crippen LogP contribution is -2.29. The second-order valence-electron chi connectivity index (χ2n) is 5.51. The van der Waals surface area contributed by atoms with Gasteiger partial charge in [0, 0.05) is 26.8 Å². The fourth-order valence-corrected chi connectivity index (χ4v) is 3.77. The Morgan fingerprint density at radius 2 is 2.36 bits per heavy atom. The minimum absolute atomic E-state index is 0.00568. The predicted octanol–water partition coefficient (Wildman–Crippen LogP) is -0.143. The van der Waals surface area contributed by atoms with Crippen LogP contribution in [0.1, 0.15) is 12.6 Å². The highest BCUT2D eigenvalue weighted by atomic mass is 32.5. The van der Waals surface area contributed by atoms with Crippen molar-refractivity contribution in [2.75, 3.05) is 26.6 Å². The van der Waals surface area contributed by atoms with Crippen molar-refractivity contribution in [3.05, 3.63) is 22.6 Å². The molecule has 2 unspecified atom stereocenters. The van der Waals surface area contributed by atoms with Crippen molar-refractivity contribution in [2.24, 2.45) is 0 Å². The third-order valence-corrected chi connectivity index (χ3v) is 5.59. The largest absolute Gasteiger partial charge is 0.780 e. The van der Waals surface area contributed by atoms with E-state index in [0.29, 0.717) is 17.5 Å². The molecule has 2 aromatic rings. The van der Waals surface area contributed by atoms with Gasteiger partial charge in [0.05, 0.1) is 18.1 Å². The molecule has 0 radical (unpaired) electrons. The van der Waals surface area contributed by atoms with Crippen LogP contribution in [-0.2, 0) is 30.3 Å². The monoisotopic (exact) mass is 389 g/mol. The van der Waals surface area contributed by atoms with Crippen LogP contribution in [0, 0.1) is 0 Å². The van der Waals surface area contributed by atoms with Gasteiger partial charge in [-0.3, -0.25) is 9.78 Å². The van der Waals surface area contributed by atoms with E-state index in [2.05, 4.69) is 9.97 Å². The van der Waals surface area contributed by atoms with Gasteiger partial charge in [0.15, 0.2) is 5.65 Å². The molecule has 0 bridgehead atoms. The first-order valence-electron chi connectivity index (χ1n) is 7.40. The average molecular weight is 389 g/mol. The number of anilines is 1. The van der Waals surface area contributed by atoms with Crippen molar-refractivity contribution in [1.29, 1.82) is 0 Å². The molecule has 0 spiro atoms. The van der Waals surface area contributed by atoms with Gasteiger partial charge in [-0.15, -0.1) is 0 Å². The Morgan fingerprint density at radius 1 is 1.60 bits per heavy atom. The normalized spacial score (nSPS) is 26.1. The standard InChI is InChI=1S/C13H19N4O6PS/c1-20-6-9-8(23-24(19,25)21-2)5-10(22-9)17-4-3-7-11(17)15-13(14)16-12(7)18/h3-4,8-10H,5-6H2,1-2H3,(H,19,25)(H3,14,15,16,18)/p-1/t8?,9-,10-,24?/m1/s1. The number of nitrogens with two attached hydrogens (primary N) is 1. The number of H-pyrrole nitrogens is 1. The van der Waals surface area contributed by atoms with Gasteiger partial charge in [-0.2, -0.15) is 4.98 Å². The van der Waals surface area contributed by atoms with Crippen LogP contribution in [-0.4, -0.2) is 47.6 Å². The minimum atomic E-state index is -3.60. The summed E-state index contributed by atoms with van der Waals surface area (Å²) in [7, 11) is 2.75. The first-order chi connectivity index (χ1) is 11.8. The summed E-state index contributed by atoms with van der Waals surface area (Å²) in [5.74, 6) is 0.00568. The molecule has 12 heteroatoms. The summed E-state index contributed by atoms with van der Waals surface area (Å²) in [6.07, 6.45) is 0.398. The molecule has 0 aromatic carbocycles. The molecule has 3 rings (SSSR count). The maximum atomic E-state index is 12.0. The topological polar surface area (TPSA) is 137 Å². The molecule has 3 N–H and O–H groups in total. The van der Waals surface area contributed by atoms with Gasteiger partial charge in [-0.25, -0.2) is 0 Å². The van der Waals surface area contributed by atoms with Crippen LogP contribution in [0.25, 0.3) is 11.0 Å². The zero-order valence-electron chi connectivity index (χ0n) is 13.6. The van der Waals surface area contributed by atoms with E-state index in [4.69, 9.17) is 36.1 Å². The maximum Gasteiger partial charge on any atom is 0.261 e. The Labute approximate surface area is 148 Å². The van der Waals surface area contributed by atoms with Gasteiger partial charge in [0.25, 0.3) is 5.56 Å². The number of rotatable bonds is 6. The van der Waals surface area contributed by atoms with Crippen molar-refractivity contribution in [3.63, 3.8) is 0 Å². The van der Waals surface area contributed by atoms with Crippen molar-refractivity contribution >= 4 is 35.5 Å². The molecule has 1 fully saturated rings. The van der Waals surface area contributed by atoms with E-state index in [0.717, 1.165) is 0 Å². The summed E-state index contributed by atoms with van der Waals surface area (Å²) in [6.45, 7) is -3.38. The van der Waals surface area contributed by atoms with E-state index >= 15 is 0 Å². The lowest BCUT2D eigenvalue weighted by atomic mass is 10.2. The second kappa shape index (κ2) is 7.12. The van der Waals surface area contributed by atoms with Gasteiger partial charge in [0.1, 0.15) is 19.1 Å². The van der Waals surface area contributed by atoms with Crippen molar-refractivity contribution in [2.45, 2.75) is 24.9 Å². The summed E-state index contributed by atoms with van der Waals surface area (Å²) in [4.78, 5) is 30.5. The van der Waals surface area contributed by atoms with Crippen LogP contribution in [0.15, 0.2) is 17.1 Å². The quantitative estimate of drug-likeness (QED) is 0.647. The predicted molar refractivity (Wildman–Crippen MR) is 91.3 cm³/mol. The number of ether oxygens (including phenoxy) is 2. The van der Waals surface area contributed by atoms with E-state index in [1.165, 1.54) is 14.2 Å². The molecule has 1 aliphatic rings. The van der Waals surface area contributed by atoms with Gasteiger partial charge < -0.3 is 33.7 Å². The highest BCUT2D eigenvalue weighted by Gasteiger charge is 2.39. The van der Waals surface area contributed by atoms with Crippen LogP contribution in [0.2, 0.25) is 0 Å². The summed E-state index contributed by atoms with van der Waals surface area (Å²) in [5.41, 5.74) is 5.67. The molecule has 10 nitrogen and oxygen atoms in total. The van der Waals surface area contributed by atoms with Crippen LogP contribution in [0.4, 0.5) is 5.95 Å². The smallest absolute Gasteiger partial charge is 0.261 e. The van der Waals surface area contributed by atoms with E-state index in [-0.39, 0.29) is 18.1 Å². The highest BCUT2D eigenvalue weighted by Crippen LogP contribution is 2.44. The number of aromatic amines is 1. The first kappa shape index (κ1) is 18.5. The molecule has 0 amide bonds. The summed E-state index contributed by atoms with van der Waals surface area (Å²) in [6, 6.07) is 1.62. The number of nitrogens with zero attached hydrogens (tertiary/aromatic N) is 2. The third kappa shape index (κ3) is 3.77. The Bertz CT molecular complexity index is 870. The Morgan fingerprint density at radius 3 is 3.04 bits per heavy atom. The zero-order chi connectivity index (χ0) is 18.2. The molecule has 3 heterocycles. The molecule has 4 atom stereocenters. The molecule has 25 heavy (non-hydrogen) atoms. The zero-order valence-corrected chi connectivity index (χ0v) is 15.3. The fraction of sp³-hybridized carbons (Fsp3) is 0.538. The Balaban J connectivity index is 1.91. The summed E-state index contributed by atoms with van der Waals surface area (Å²) < 4.78 is 22.9. The van der Waals surface area contributed by atoms with E-state index in [1.54, 1.807) is 16.8 Å². The van der Waals surface area contributed by atoms with Crippen LogP contribution in [0.3, 0.4) is 0 Å². The van der Waals surface area contributed by atoms with Gasteiger partial charge in [0.2, 0.25) is 5.95 Å². The molecule has 0 saturated carbocycles. The number of aromatic nitrogens is 3. The van der Waals surface area contributed by atoms with Crippen molar-refractivity contribution < 1.29 is 23.4 Å². The lowest BCUT2D eigenvalue weighted by molar-refractivity contribution is -0.210.